The lowest BCUT2D eigenvalue weighted by molar-refractivity contribution is 0.339. The van der Waals surface area contributed by atoms with Gasteiger partial charge in [-0.1, -0.05) is 243 Å². The minimum atomic E-state index is -0.258. The van der Waals surface area contributed by atoms with Gasteiger partial charge in [0.1, 0.15) is 11.5 Å². The lowest BCUT2D eigenvalue weighted by atomic mass is 9.64. The van der Waals surface area contributed by atoms with E-state index in [0.717, 1.165) is 43.6 Å². The second-order valence-corrected chi connectivity index (χ2v) is 19.2. The van der Waals surface area contributed by atoms with Crippen LogP contribution in [0.4, 0.5) is 0 Å². The van der Waals surface area contributed by atoms with Crippen LogP contribution in [0.3, 0.4) is 0 Å². The highest BCUT2D eigenvalue weighted by molar-refractivity contribution is 5.90. The highest BCUT2D eigenvalue weighted by atomic mass is 16.5. The highest BCUT2D eigenvalue weighted by Gasteiger charge is 2.49. The van der Waals surface area contributed by atoms with Crippen LogP contribution in [0.15, 0.2) is 225 Å². The molecule has 2 atom stereocenters. The van der Waals surface area contributed by atoms with Gasteiger partial charge in [-0.3, -0.25) is 0 Å². The van der Waals surface area contributed by atoms with E-state index in [1.54, 1.807) is 0 Å². The van der Waals surface area contributed by atoms with Crippen LogP contribution in [-0.2, 0) is 11.8 Å². The Morgan fingerprint density at radius 3 is 1.73 bits per heavy atom. The van der Waals surface area contributed by atoms with Gasteiger partial charge in [0.05, 0.1) is 5.41 Å². The molecule has 1 aliphatic heterocycles. The normalized spacial score (nSPS) is 15.7. The number of ether oxygens (including phenoxy) is 1. The fourth-order valence-electron chi connectivity index (χ4n) is 10.3. The Morgan fingerprint density at radius 2 is 1.14 bits per heavy atom. The van der Waals surface area contributed by atoms with Crippen molar-refractivity contribution in [2.45, 2.75) is 113 Å². The fraction of sp³-hybridized carbons (Fsp3) is 0.257. The predicted octanol–water partition coefficient (Wildman–Crippen LogP) is 20.5. The molecule has 0 amide bonds. The summed E-state index contributed by atoms with van der Waals surface area (Å²) in [6.45, 7) is 27.5. The Hall–Kier alpha value is -6.96. The van der Waals surface area contributed by atoms with Crippen LogP contribution < -0.4 is 4.74 Å². The fourth-order valence-corrected chi connectivity index (χ4v) is 10.3. The summed E-state index contributed by atoms with van der Waals surface area (Å²) in [6.07, 6.45) is 19.4. The molecule has 1 heteroatoms. The molecular weight excluding hydrogens is 857 g/mol. The standard InChI is InChI=1S/C39H32O.C13H12.C12H18.2C2H6.C2H4/c1-26-12-8-9-17-31(26)27-20-22-36-28(24-27)25-33-37(40-36)23-21-35-38(33)32-18-10-11-19-34(32)39(35,29-13-4-2-5-14-29)30-15-6-3-7-16-30;1-11-7-5-6-10-13(11)12-8-3-2-4-9-12;1-10(12(2,3)4)11-8-6-5-7-9-11;3*1-2/h2,4,6,8-13,15-24H,3,5,7,14,25H2,1H3;2-10H,1H3;5-10H,1-4H3;2*1-2H3;1-2H2. The lowest BCUT2D eigenvalue weighted by Crippen LogP contribution is -2.31. The molecule has 0 bridgehead atoms. The molecule has 0 spiro atoms. The number of benzene rings is 7. The van der Waals surface area contributed by atoms with Crippen molar-refractivity contribution in [2.75, 3.05) is 0 Å². The van der Waals surface area contributed by atoms with E-state index < -0.39 is 0 Å². The Bertz CT molecular complexity index is 2950. The van der Waals surface area contributed by atoms with Gasteiger partial charge in [-0.05, 0) is 141 Å². The molecule has 0 saturated heterocycles. The molecule has 2 unspecified atom stereocenters. The molecule has 4 aliphatic rings. The smallest absolute Gasteiger partial charge is 0.131 e. The molecule has 71 heavy (non-hydrogen) atoms. The minimum Gasteiger partial charge on any atom is -0.457 e. The molecule has 1 heterocycles. The molecule has 0 N–H and O–H groups in total. The maximum atomic E-state index is 6.64. The summed E-state index contributed by atoms with van der Waals surface area (Å²) >= 11 is 0. The van der Waals surface area contributed by atoms with Crippen molar-refractivity contribution in [3.05, 3.63) is 263 Å². The first-order valence-corrected chi connectivity index (χ1v) is 26.2. The maximum absolute atomic E-state index is 6.64. The Kier molecular flexibility index (Phi) is 19.0. The quantitative estimate of drug-likeness (QED) is 0.156. The molecule has 0 saturated carbocycles. The third-order valence-electron chi connectivity index (χ3n) is 14.1. The van der Waals surface area contributed by atoms with Crippen molar-refractivity contribution >= 4 is 0 Å². The lowest BCUT2D eigenvalue weighted by Gasteiger charge is -2.38. The Morgan fingerprint density at radius 1 is 0.563 bits per heavy atom. The highest BCUT2D eigenvalue weighted by Crippen LogP contribution is 2.61. The van der Waals surface area contributed by atoms with Crippen molar-refractivity contribution in [2.24, 2.45) is 5.41 Å². The SMILES string of the molecule is C=C.CC.CC.CC(c1ccccc1)C(C)(C)C.Cc1ccccc1-c1ccc2c(c1)Cc1c(ccc3c1-c1ccccc1C3(C1=CCCC=C1)C1=CC=CCC1)O2.Cc1ccccc1-c1ccccc1. The summed E-state index contributed by atoms with van der Waals surface area (Å²) in [5.74, 6) is 2.59. The van der Waals surface area contributed by atoms with Crippen LogP contribution in [-0.4, -0.2) is 0 Å². The van der Waals surface area contributed by atoms with E-state index in [9.17, 15) is 0 Å². The molecule has 7 aromatic carbocycles. The number of hydrogen-bond acceptors (Lipinski definition) is 1. The summed E-state index contributed by atoms with van der Waals surface area (Å²) in [7, 11) is 0. The van der Waals surface area contributed by atoms with Crippen LogP contribution in [0.5, 0.6) is 11.5 Å². The van der Waals surface area contributed by atoms with Gasteiger partial charge in [-0.25, -0.2) is 0 Å². The minimum absolute atomic E-state index is 0.258. The molecule has 3 aliphatic carbocycles. The van der Waals surface area contributed by atoms with Gasteiger partial charge in [0, 0.05) is 12.0 Å². The van der Waals surface area contributed by atoms with Gasteiger partial charge in [-0.2, -0.15) is 0 Å². The van der Waals surface area contributed by atoms with Crippen molar-refractivity contribution in [1.29, 1.82) is 0 Å². The topological polar surface area (TPSA) is 9.23 Å². The van der Waals surface area contributed by atoms with E-state index in [4.69, 9.17) is 4.74 Å². The average molecular weight is 935 g/mol. The predicted molar refractivity (Wildman–Crippen MR) is 310 cm³/mol. The van der Waals surface area contributed by atoms with Gasteiger partial charge in [0.25, 0.3) is 0 Å². The zero-order valence-electron chi connectivity index (χ0n) is 44.5. The van der Waals surface area contributed by atoms with Crippen LogP contribution in [0.25, 0.3) is 33.4 Å². The number of rotatable bonds is 5. The Labute approximate surface area is 429 Å². The second kappa shape index (κ2) is 25.2. The molecule has 0 fully saturated rings. The van der Waals surface area contributed by atoms with Crippen molar-refractivity contribution in [3.63, 3.8) is 0 Å². The zero-order chi connectivity index (χ0) is 51.0. The third kappa shape index (κ3) is 11.6. The van der Waals surface area contributed by atoms with Gasteiger partial charge >= 0.3 is 0 Å². The maximum Gasteiger partial charge on any atom is 0.131 e. The van der Waals surface area contributed by atoms with Crippen LogP contribution in [0.2, 0.25) is 0 Å². The van der Waals surface area contributed by atoms with Crippen molar-refractivity contribution in [3.8, 4) is 44.9 Å². The number of aryl methyl sites for hydroxylation is 2. The van der Waals surface area contributed by atoms with E-state index in [0.29, 0.717) is 11.3 Å². The summed E-state index contributed by atoms with van der Waals surface area (Å²) in [6, 6.07) is 58.7. The van der Waals surface area contributed by atoms with E-state index in [1.807, 2.05) is 33.8 Å². The van der Waals surface area contributed by atoms with Crippen LogP contribution >= 0.6 is 0 Å². The van der Waals surface area contributed by atoms with E-state index in [-0.39, 0.29) is 5.41 Å². The molecule has 0 radical (unpaired) electrons. The first-order valence-electron chi connectivity index (χ1n) is 26.2. The number of hydrogen-bond donors (Lipinski definition) is 0. The van der Waals surface area contributed by atoms with Crippen molar-refractivity contribution < 1.29 is 4.74 Å². The molecule has 11 rings (SSSR count). The summed E-state index contributed by atoms with van der Waals surface area (Å²) in [5, 5.41) is 0. The van der Waals surface area contributed by atoms with E-state index in [2.05, 4.69) is 249 Å². The molecule has 7 aromatic rings. The zero-order valence-corrected chi connectivity index (χ0v) is 44.5. The van der Waals surface area contributed by atoms with Crippen LogP contribution in [0.1, 0.15) is 126 Å². The van der Waals surface area contributed by atoms with Crippen molar-refractivity contribution in [1.82, 2.24) is 0 Å². The monoisotopic (exact) mass is 935 g/mol. The largest absolute Gasteiger partial charge is 0.457 e. The van der Waals surface area contributed by atoms with Gasteiger partial charge in [0.15, 0.2) is 0 Å². The first kappa shape index (κ1) is 53.4. The molecule has 0 aromatic heterocycles. The second-order valence-electron chi connectivity index (χ2n) is 19.2. The van der Waals surface area contributed by atoms with E-state index in [1.165, 1.54) is 83.5 Å². The Balaban J connectivity index is 0.000000218. The van der Waals surface area contributed by atoms with E-state index >= 15 is 0 Å². The first-order chi connectivity index (χ1) is 34.6. The number of allylic oxidation sites excluding steroid dienone is 8. The third-order valence-corrected chi connectivity index (χ3v) is 14.1. The molecule has 1 nitrogen and oxygen atoms in total. The van der Waals surface area contributed by atoms with Gasteiger partial charge in [0.2, 0.25) is 0 Å². The summed E-state index contributed by atoms with van der Waals surface area (Å²) in [4.78, 5) is 0. The summed E-state index contributed by atoms with van der Waals surface area (Å²) < 4.78 is 6.64. The molecular formula is C70H78O. The molecule has 364 valence electrons. The van der Waals surface area contributed by atoms with Gasteiger partial charge in [-0.15, -0.1) is 13.2 Å². The van der Waals surface area contributed by atoms with Gasteiger partial charge < -0.3 is 4.74 Å². The summed E-state index contributed by atoms with van der Waals surface area (Å²) in [5.41, 5.74) is 20.4. The van der Waals surface area contributed by atoms with Crippen LogP contribution in [0, 0.1) is 19.3 Å². The average Bonchev–Trinajstić information content (AvgIpc) is 3.74. The number of fused-ring (bicyclic) bond motifs is 6.